The molecule has 0 bridgehead atoms. The zero-order chi connectivity index (χ0) is 11.4. The summed E-state index contributed by atoms with van der Waals surface area (Å²) in [5.41, 5.74) is 0. The van der Waals surface area contributed by atoms with Crippen LogP contribution >= 0.6 is 0 Å². The van der Waals surface area contributed by atoms with E-state index in [0.29, 0.717) is 6.61 Å². The van der Waals surface area contributed by atoms with Crippen LogP contribution < -0.4 is 0 Å². The van der Waals surface area contributed by atoms with Crippen molar-refractivity contribution in [2.24, 2.45) is 0 Å². The molecule has 15 heavy (non-hydrogen) atoms. The van der Waals surface area contributed by atoms with Crippen molar-refractivity contribution in [2.45, 2.75) is 58.8 Å². The lowest BCUT2D eigenvalue weighted by molar-refractivity contribution is -0.136. The second kappa shape index (κ2) is 11.1. The molecule has 0 saturated heterocycles. The third-order valence-corrected chi connectivity index (χ3v) is 2.08. The maximum atomic E-state index is 11.0. The molecule has 0 spiro atoms. The molecule has 0 fully saturated rings. The molecule has 0 aliphatic heterocycles. The first-order valence-corrected chi connectivity index (χ1v) is 5.96. The fourth-order valence-corrected chi connectivity index (χ4v) is 1.15. The molecule has 0 aromatic heterocycles. The summed E-state index contributed by atoms with van der Waals surface area (Å²) in [5.74, 6) is 4.97. The Morgan fingerprint density at radius 1 is 1.07 bits per heavy atom. The van der Waals surface area contributed by atoms with Crippen LogP contribution in [-0.2, 0) is 9.53 Å². The van der Waals surface area contributed by atoms with Crippen molar-refractivity contribution in [3.8, 4) is 11.8 Å². The van der Waals surface area contributed by atoms with Crippen LogP contribution in [0.15, 0.2) is 0 Å². The highest BCUT2D eigenvalue weighted by molar-refractivity contribution is 5.88. The van der Waals surface area contributed by atoms with Gasteiger partial charge in [-0.25, -0.2) is 4.79 Å². The number of carbonyl (C=O) groups excluding carboxylic acids is 1. The van der Waals surface area contributed by atoms with E-state index in [2.05, 4.69) is 25.7 Å². The zero-order valence-corrected chi connectivity index (χ0v) is 9.97. The summed E-state index contributed by atoms with van der Waals surface area (Å²) in [6.07, 6.45) is 7.44. The minimum absolute atomic E-state index is 0.373. The molecule has 0 saturated carbocycles. The van der Waals surface area contributed by atoms with Gasteiger partial charge in [-0.2, -0.15) is 0 Å². The van der Waals surface area contributed by atoms with Gasteiger partial charge in [0.05, 0.1) is 6.61 Å². The molecular weight excluding hydrogens is 188 g/mol. The maximum absolute atomic E-state index is 11.0. The highest BCUT2D eigenvalue weighted by Crippen LogP contribution is 1.97. The molecule has 0 radical (unpaired) electrons. The monoisotopic (exact) mass is 210 g/mol. The van der Waals surface area contributed by atoms with Crippen LogP contribution in [-0.4, -0.2) is 12.6 Å². The van der Waals surface area contributed by atoms with Gasteiger partial charge >= 0.3 is 5.97 Å². The first-order valence-electron chi connectivity index (χ1n) is 5.96. The molecule has 0 aromatic carbocycles. The highest BCUT2D eigenvalue weighted by Gasteiger charge is 1.95. The van der Waals surface area contributed by atoms with E-state index in [0.717, 1.165) is 32.1 Å². The van der Waals surface area contributed by atoms with Crippen LogP contribution in [0.1, 0.15) is 58.8 Å². The van der Waals surface area contributed by atoms with Gasteiger partial charge in [-0.05, 0) is 12.8 Å². The first-order chi connectivity index (χ1) is 7.31. The van der Waals surface area contributed by atoms with Gasteiger partial charge in [0.2, 0.25) is 0 Å². The molecule has 0 aliphatic carbocycles. The van der Waals surface area contributed by atoms with Crippen LogP contribution in [0.3, 0.4) is 0 Å². The molecule has 86 valence electrons. The standard InChI is InChI=1S/C13H22O2/c1-3-5-7-8-9-11-13(14)15-12-10-6-4-2/h3-8,10,12H2,1-2H3. The fraction of sp³-hybridized carbons (Fsp3) is 0.769. The summed E-state index contributed by atoms with van der Waals surface area (Å²) in [6.45, 7) is 4.78. The Labute approximate surface area is 93.4 Å². The highest BCUT2D eigenvalue weighted by atomic mass is 16.5. The molecule has 0 atom stereocenters. The van der Waals surface area contributed by atoms with Gasteiger partial charge in [0.25, 0.3) is 0 Å². The Morgan fingerprint density at radius 3 is 2.40 bits per heavy atom. The normalized spacial score (nSPS) is 9.20. The number of ether oxygens (including phenoxy) is 1. The molecule has 2 nitrogen and oxygen atoms in total. The van der Waals surface area contributed by atoms with Gasteiger partial charge in [-0.15, -0.1) is 0 Å². The predicted octanol–water partition coefficient (Wildman–Crippen LogP) is 3.30. The van der Waals surface area contributed by atoms with E-state index in [-0.39, 0.29) is 5.97 Å². The van der Waals surface area contributed by atoms with Crippen LogP contribution in [0.25, 0.3) is 0 Å². The molecule has 0 amide bonds. The molecule has 0 heterocycles. The third-order valence-electron chi connectivity index (χ3n) is 2.08. The minimum atomic E-state index is -0.373. The number of esters is 1. The van der Waals surface area contributed by atoms with E-state index in [4.69, 9.17) is 4.74 Å². The fourth-order valence-electron chi connectivity index (χ4n) is 1.15. The number of carbonyl (C=O) groups is 1. The quantitative estimate of drug-likeness (QED) is 0.279. The van der Waals surface area contributed by atoms with Crippen LogP contribution in [0, 0.1) is 11.8 Å². The summed E-state index contributed by atoms with van der Waals surface area (Å²) in [5, 5.41) is 0. The van der Waals surface area contributed by atoms with Crippen molar-refractivity contribution >= 4 is 5.97 Å². The maximum Gasteiger partial charge on any atom is 0.384 e. The van der Waals surface area contributed by atoms with Crippen molar-refractivity contribution in [3.63, 3.8) is 0 Å². The van der Waals surface area contributed by atoms with Gasteiger partial charge in [0.15, 0.2) is 0 Å². The molecule has 0 N–H and O–H groups in total. The molecule has 0 rings (SSSR count). The molecule has 0 aromatic rings. The molecule has 2 heteroatoms. The largest absolute Gasteiger partial charge is 0.456 e. The van der Waals surface area contributed by atoms with Gasteiger partial charge < -0.3 is 4.74 Å². The average Bonchev–Trinajstić information content (AvgIpc) is 2.24. The summed E-state index contributed by atoms with van der Waals surface area (Å²) in [4.78, 5) is 11.0. The number of hydrogen-bond acceptors (Lipinski definition) is 2. The molecule has 0 aliphatic rings. The van der Waals surface area contributed by atoms with Crippen molar-refractivity contribution < 1.29 is 9.53 Å². The van der Waals surface area contributed by atoms with E-state index in [1.165, 1.54) is 12.8 Å². The summed E-state index contributed by atoms with van der Waals surface area (Å²) in [6, 6.07) is 0. The van der Waals surface area contributed by atoms with Gasteiger partial charge in [-0.1, -0.05) is 45.5 Å². The second-order valence-electron chi connectivity index (χ2n) is 3.60. The summed E-state index contributed by atoms with van der Waals surface area (Å²) in [7, 11) is 0. The number of unbranched alkanes of at least 4 members (excludes halogenated alkanes) is 5. The lowest BCUT2D eigenvalue weighted by atomic mass is 10.2. The molecule has 0 unspecified atom stereocenters. The van der Waals surface area contributed by atoms with Crippen LogP contribution in [0.4, 0.5) is 0 Å². The SMILES string of the molecule is CCCCCC#CC(=O)OCCCCC. The first kappa shape index (κ1) is 14.0. The Bertz CT molecular complexity index is 210. The summed E-state index contributed by atoms with van der Waals surface area (Å²) < 4.78 is 4.94. The van der Waals surface area contributed by atoms with E-state index in [9.17, 15) is 4.79 Å². The minimum Gasteiger partial charge on any atom is -0.456 e. The molecular formula is C13H22O2. The van der Waals surface area contributed by atoms with Crippen molar-refractivity contribution in [1.29, 1.82) is 0 Å². The van der Waals surface area contributed by atoms with E-state index < -0.39 is 0 Å². The smallest absolute Gasteiger partial charge is 0.384 e. The van der Waals surface area contributed by atoms with Crippen molar-refractivity contribution in [2.75, 3.05) is 6.61 Å². The lowest BCUT2D eigenvalue weighted by Crippen LogP contribution is -2.02. The zero-order valence-electron chi connectivity index (χ0n) is 9.97. The van der Waals surface area contributed by atoms with Gasteiger partial charge in [-0.3, -0.25) is 0 Å². The van der Waals surface area contributed by atoms with E-state index in [1.807, 2.05) is 0 Å². The van der Waals surface area contributed by atoms with Crippen molar-refractivity contribution in [1.82, 2.24) is 0 Å². The topological polar surface area (TPSA) is 26.3 Å². The van der Waals surface area contributed by atoms with Crippen LogP contribution in [0.2, 0.25) is 0 Å². The Balaban J connectivity index is 3.38. The third kappa shape index (κ3) is 11.0. The predicted molar refractivity (Wildman–Crippen MR) is 62.4 cm³/mol. The second-order valence-corrected chi connectivity index (χ2v) is 3.60. The lowest BCUT2D eigenvalue weighted by Gasteiger charge is -1.98. The number of hydrogen-bond donors (Lipinski definition) is 0. The van der Waals surface area contributed by atoms with Crippen LogP contribution in [0.5, 0.6) is 0 Å². The van der Waals surface area contributed by atoms with E-state index in [1.54, 1.807) is 0 Å². The van der Waals surface area contributed by atoms with E-state index >= 15 is 0 Å². The Kier molecular flexibility index (Phi) is 10.4. The van der Waals surface area contributed by atoms with Gasteiger partial charge in [0, 0.05) is 12.3 Å². The van der Waals surface area contributed by atoms with Crippen molar-refractivity contribution in [3.05, 3.63) is 0 Å². The summed E-state index contributed by atoms with van der Waals surface area (Å²) >= 11 is 0. The Hall–Kier alpha value is -0.970. The number of rotatable bonds is 7. The Morgan fingerprint density at radius 2 is 1.73 bits per heavy atom. The average molecular weight is 210 g/mol. The van der Waals surface area contributed by atoms with Gasteiger partial charge in [0.1, 0.15) is 0 Å².